The van der Waals surface area contributed by atoms with E-state index in [1.54, 1.807) is 0 Å². The molecule has 0 aliphatic heterocycles. The van der Waals surface area contributed by atoms with E-state index in [4.69, 9.17) is 15.7 Å². The van der Waals surface area contributed by atoms with E-state index in [2.05, 4.69) is 53.2 Å². The first-order valence-electron chi connectivity index (χ1n) is 12.4. The molecule has 0 spiro atoms. The lowest BCUT2D eigenvalue weighted by Crippen LogP contribution is -2.32. The molecule has 0 aliphatic rings. The number of amides is 1. The Hall–Kier alpha value is -4.39. The van der Waals surface area contributed by atoms with Crippen LogP contribution in [0.25, 0.3) is 49.7 Å². The van der Waals surface area contributed by atoms with Crippen LogP contribution in [-0.2, 0) is 6.54 Å². The molecule has 3 aromatic heterocycles. The lowest BCUT2D eigenvalue weighted by Gasteiger charge is -2.12. The van der Waals surface area contributed by atoms with Gasteiger partial charge in [-0.15, -0.1) is 0 Å². The third kappa shape index (κ3) is 3.23. The van der Waals surface area contributed by atoms with Gasteiger partial charge in [-0.2, -0.15) is 0 Å². The quantitative estimate of drug-likeness (QED) is 0.328. The van der Waals surface area contributed by atoms with Gasteiger partial charge in [-0.1, -0.05) is 37.3 Å². The van der Waals surface area contributed by atoms with Crippen LogP contribution in [0.1, 0.15) is 37.6 Å². The third-order valence-corrected chi connectivity index (χ3v) is 7.05. The first-order chi connectivity index (χ1) is 17.5. The number of hydrogen-bond donors (Lipinski definition) is 2. The summed E-state index contributed by atoms with van der Waals surface area (Å²) >= 11 is 0. The molecule has 7 heteroatoms. The van der Waals surface area contributed by atoms with Crippen molar-refractivity contribution in [3.05, 3.63) is 72.3 Å². The summed E-state index contributed by atoms with van der Waals surface area (Å²) in [4.78, 5) is 23.1. The van der Waals surface area contributed by atoms with Gasteiger partial charge in [0.2, 0.25) is 0 Å². The Morgan fingerprint density at radius 1 is 0.944 bits per heavy atom. The number of carbonyl (C=O) groups is 1. The molecular formula is C29H28N6O. The van der Waals surface area contributed by atoms with Crippen molar-refractivity contribution < 1.29 is 4.79 Å². The smallest absolute Gasteiger partial charge is 0.257 e. The van der Waals surface area contributed by atoms with Gasteiger partial charge in [0, 0.05) is 40.1 Å². The van der Waals surface area contributed by atoms with Gasteiger partial charge in [0.15, 0.2) is 5.65 Å². The molecule has 6 rings (SSSR count). The zero-order valence-corrected chi connectivity index (χ0v) is 20.6. The van der Waals surface area contributed by atoms with Crippen LogP contribution in [0.2, 0.25) is 0 Å². The van der Waals surface area contributed by atoms with Crippen molar-refractivity contribution in [2.45, 2.75) is 39.8 Å². The summed E-state index contributed by atoms with van der Waals surface area (Å²) in [5, 5.41) is 5.36. The highest BCUT2D eigenvalue weighted by Gasteiger charge is 2.26. The number of nitrogen functional groups attached to an aromatic ring is 1. The van der Waals surface area contributed by atoms with E-state index < -0.39 is 0 Å². The predicted octanol–water partition coefficient (Wildman–Crippen LogP) is 5.81. The molecule has 0 saturated carbocycles. The molecule has 0 radical (unpaired) electrons. The molecule has 6 aromatic rings. The summed E-state index contributed by atoms with van der Waals surface area (Å²) in [5.74, 6) is 0.0959. The van der Waals surface area contributed by atoms with Crippen molar-refractivity contribution in [1.29, 1.82) is 0 Å². The number of anilines is 1. The number of carbonyl (C=O) groups excluding carboxylic acids is 1. The molecule has 0 aliphatic carbocycles. The van der Waals surface area contributed by atoms with Crippen molar-refractivity contribution in [3.8, 4) is 5.69 Å². The van der Waals surface area contributed by atoms with Crippen molar-refractivity contribution in [2.75, 3.05) is 5.73 Å². The van der Waals surface area contributed by atoms with Gasteiger partial charge >= 0.3 is 0 Å². The number of aromatic nitrogens is 4. The molecule has 0 unspecified atom stereocenters. The highest BCUT2D eigenvalue weighted by atomic mass is 16.1. The van der Waals surface area contributed by atoms with Gasteiger partial charge < -0.3 is 15.6 Å². The predicted molar refractivity (Wildman–Crippen MR) is 147 cm³/mol. The fraction of sp³-hybridized carbons (Fsp3) is 0.207. The maximum Gasteiger partial charge on any atom is 0.257 e. The minimum absolute atomic E-state index is 0.0141. The van der Waals surface area contributed by atoms with Crippen LogP contribution in [0, 0.1) is 0 Å². The fourth-order valence-corrected chi connectivity index (χ4v) is 5.07. The zero-order valence-electron chi connectivity index (χ0n) is 20.6. The van der Waals surface area contributed by atoms with Crippen LogP contribution in [0.4, 0.5) is 5.82 Å². The van der Waals surface area contributed by atoms with Crippen molar-refractivity contribution in [2.24, 2.45) is 0 Å². The average molecular weight is 477 g/mol. The molecule has 3 aromatic carbocycles. The minimum atomic E-state index is -0.237. The Bertz CT molecular complexity index is 1790. The van der Waals surface area contributed by atoms with Crippen LogP contribution in [-0.4, -0.2) is 31.1 Å². The number of fused-ring (bicyclic) bond motifs is 5. The molecular weight excluding hydrogens is 448 g/mol. The lowest BCUT2D eigenvalue weighted by atomic mass is 10.1. The largest absolute Gasteiger partial charge is 0.384 e. The lowest BCUT2D eigenvalue weighted by molar-refractivity contribution is 0.0941. The normalized spacial score (nSPS) is 12.6. The van der Waals surface area contributed by atoms with Gasteiger partial charge in [0.05, 0.1) is 11.0 Å². The molecule has 0 bridgehead atoms. The summed E-state index contributed by atoms with van der Waals surface area (Å²) in [6.45, 7) is 7.04. The monoisotopic (exact) mass is 476 g/mol. The highest BCUT2D eigenvalue weighted by Crippen LogP contribution is 2.35. The maximum absolute atomic E-state index is 13.4. The standard InChI is InChI=1S/C29H28N6O/c1-4-17(3)31-29(36)25-26-28(33-22-12-8-7-11-21(22)32-26)35(27(25)30)18-14-15-24-20(16-18)19-10-6-9-13-23(19)34(24)5-2/h6-17H,4-5,30H2,1-3H3,(H,31,36)/t17-/m1/s1. The second-order valence-corrected chi connectivity index (χ2v) is 9.23. The second-order valence-electron chi connectivity index (χ2n) is 9.23. The fourth-order valence-electron chi connectivity index (χ4n) is 5.07. The van der Waals surface area contributed by atoms with E-state index in [-0.39, 0.29) is 11.9 Å². The van der Waals surface area contributed by atoms with Crippen LogP contribution < -0.4 is 11.1 Å². The van der Waals surface area contributed by atoms with E-state index >= 15 is 0 Å². The summed E-state index contributed by atoms with van der Waals surface area (Å²) in [6, 6.07) is 22.4. The molecule has 1 atom stereocenters. The Balaban J connectivity index is 1.66. The van der Waals surface area contributed by atoms with Crippen molar-refractivity contribution in [3.63, 3.8) is 0 Å². The van der Waals surface area contributed by atoms with Gasteiger partial charge in [-0.3, -0.25) is 9.36 Å². The number of hydrogen-bond acceptors (Lipinski definition) is 4. The van der Waals surface area contributed by atoms with Gasteiger partial charge in [-0.25, -0.2) is 9.97 Å². The topological polar surface area (TPSA) is 90.8 Å². The minimum Gasteiger partial charge on any atom is -0.384 e. The molecule has 36 heavy (non-hydrogen) atoms. The summed E-state index contributed by atoms with van der Waals surface area (Å²) in [5.41, 5.74) is 12.8. The molecule has 180 valence electrons. The average Bonchev–Trinajstić information content (AvgIpc) is 3.37. The number of nitrogens with one attached hydrogen (secondary N) is 1. The molecule has 0 saturated heterocycles. The molecule has 3 heterocycles. The van der Waals surface area contributed by atoms with Crippen LogP contribution >= 0.6 is 0 Å². The Morgan fingerprint density at radius 3 is 2.39 bits per heavy atom. The number of nitrogens with two attached hydrogens (primary N) is 1. The number of aryl methyl sites for hydroxylation is 1. The molecule has 7 nitrogen and oxygen atoms in total. The van der Waals surface area contributed by atoms with Crippen molar-refractivity contribution >= 4 is 55.7 Å². The van der Waals surface area contributed by atoms with E-state index in [0.29, 0.717) is 22.5 Å². The Kier molecular flexibility index (Phi) is 5.14. The number of para-hydroxylation sites is 3. The third-order valence-electron chi connectivity index (χ3n) is 7.05. The highest BCUT2D eigenvalue weighted by molar-refractivity contribution is 6.12. The van der Waals surface area contributed by atoms with E-state index in [9.17, 15) is 4.79 Å². The first-order valence-corrected chi connectivity index (χ1v) is 12.4. The molecule has 0 fully saturated rings. The van der Waals surface area contributed by atoms with E-state index in [1.807, 2.05) is 48.7 Å². The van der Waals surface area contributed by atoms with E-state index in [0.717, 1.165) is 40.6 Å². The molecule has 3 N–H and O–H groups in total. The van der Waals surface area contributed by atoms with Crippen LogP contribution in [0.5, 0.6) is 0 Å². The first kappa shape index (κ1) is 22.1. The van der Waals surface area contributed by atoms with Crippen molar-refractivity contribution in [1.82, 2.24) is 24.4 Å². The SMILES string of the molecule is CC[C@@H](C)NC(=O)c1c(N)n(-c2ccc3c(c2)c2ccccc2n3CC)c2nc3ccccc3nc12. The number of nitrogens with zero attached hydrogens (tertiary/aromatic N) is 4. The van der Waals surface area contributed by atoms with Gasteiger partial charge in [0.25, 0.3) is 5.91 Å². The van der Waals surface area contributed by atoms with Gasteiger partial charge in [0.1, 0.15) is 16.9 Å². The van der Waals surface area contributed by atoms with Crippen LogP contribution in [0.3, 0.4) is 0 Å². The summed E-state index contributed by atoms with van der Waals surface area (Å²) in [7, 11) is 0. The summed E-state index contributed by atoms with van der Waals surface area (Å²) < 4.78 is 4.17. The van der Waals surface area contributed by atoms with E-state index in [1.165, 1.54) is 10.9 Å². The maximum atomic E-state index is 13.4. The van der Waals surface area contributed by atoms with Gasteiger partial charge in [-0.05, 0) is 56.7 Å². The zero-order chi connectivity index (χ0) is 25.0. The number of rotatable bonds is 5. The van der Waals surface area contributed by atoms with Crippen LogP contribution in [0.15, 0.2) is 66.7 Å². The second kappa shape index (κ2) is 8.37. The Morgan fingerprint density at radius 2 is 1.64 bits per heavy atom. The number of benzene rings is 3. The Labute approximate surface area is 208 Å². The molecule has 1 amide bonds. The summed E-state index contributed by atoms with van der Waals surface area (Å²) in [6.07, 6.45) is 0.817.